The van der Waals surface area contributed by atoms with Gasteiger partial charge in [0, 0.05) is 26.8 Å². The van der Waals surface area contributed by atoms with Gasteiger partial charge in [0.25, 0.3) is 0 Å². The van der Waals surface area contributed by atoms with Crippen molar-refractivity contribution in [2.75, 3.05) is 4.90 Å². The summed E-state index contributed by atoms with van der Waals surface area (Å²) in [7, 11) is 0. The van der Waals surface area contributed by atoms with Crippen LogP contribution in [0.5, 0.6) is 0 Å². The average molecular weight is 832 g/mol. The van der Waals surface area contributed by atoms with Crippen molar-refractivity contribution in [2.45, 2.75) is 0 Å². The molecule has 0 atom stereocenters. The van der Waals surface area contributed by atoms with Crippen LogP contribution in [-0.4, -0.2) is 0 Å². The van der Waals surface area contributed by atoms with E-state index in [0.717, 1.165) is 22.6 Å². The topological polar surface area (TPSA) is 3.24 Å². The van der Waals surface area contributed by atoms with E-state index in [1.165, 1.54) is 91.8 Å². The Morgan fingerprint density at radius 2 is 0.719 bits per heavy atom. The Morgan fingerprint density at radius 3 is 1.38 bits per heavy atom. The quantitative estimate of drug-likeness (QED) is 0.138. The van der Waals surface area contributed by atoms with Crippen molar-refractivity contribution in [2.24, 2.45) is 0 Å². The third-order valence-electron chi connectivity index (χ3n) is 12.6. The van der Waals surface area contributed by atoms with Crippen molar-refractivity contribution < 1.29 is 0 Å². The van der Waals surface area contributed by atoms with E-state index in [-0.39, 0.29) is 0 Å². The zero-order valence-electron chi connectivity index (χ0n) is 35.0. The molecule has 1 aromatic heterocycles. The molecule has 2 heteroatoms. The summed E-state index contributed by atoms with van der Waals surface area (Å²) >= 11 is 1.87. The number of fused-ring (bicyclic) bond motifs is 6. The SMILES string of the molecule is c1ccc(-c2cc(-c3ccccc3)cc(N(c3cccc(-c4ccc5c(c4)c(-c4ccccc4)c(-c4ccccc4)c4ccccc45)c3)c3cccc4c3sc3ccccc34)c2)cc1. The van der Waals surface area contributed by atoms with Gasteiger partial charge in [0.2, 0.25) is 0 Å². The van der Waals surface area contributed by atoms with Crippen molar-refractivity contribution in [3.05, 3.63) is 249 Å². The lowest BCUT2D eigenvalue weighted by atomic mass is 9.84. The monoisotopic (exact) mass is 831 g/mol. The van der Waals surface area contributed by atoms with Gasteiger partial charge < -0.3 is 4.90 Å². The lowest BCUT2D eigenvalue weighted by molar-refractivity contribution is 1.30. The van der Waals surface area contributed by atoms with Crippen LogP contribution in [-0.2, 0) is 0 Å². The first-order valence-corrected chi connectivity index (χ1v) is 22.7. The van der Waals surface area contributed by atoms with E-state index in [1.807, 2.05) is 11.3 Å². The van der Waals surface area contributed by atoms with Gasteiger partial charge in [-0.15, -0.1) is 11.3 Å². The average Bonchev–Trinajstić information content (AvgIpc) is 3.76. The minimum atomic E-state index is 1.10. The molecule has 12 rings (SSSR count). The molecule has 0 saturated carbocycles. The number of thiophene rings is 1. The second-order valence-electron chi connectivity index (χ2n) is 16.4. The maximum Gasteiger partial charge on any atom is 0.0640 e. The van der Waals surface area contributed by atoms with Gasteiger partial charge in [-0.3, -0.25) is 0 Å². The van der Waals surface area contributed by atoms with E-state index in [1.54, 1.807) is 0 Å². The second kappa shape index (κ2) is 16.0. The van der Waals surface area contributed by atoms with Crippen molar-refractivity contribution in [1.82, 2.24) is 0 Å². The second-order valence-corrected chi connectivity index (χ2v) is 17.5. The van der Waals surface area contributed by atoms with Crippen LogP contribution in [0.25, 0.3) is 97.4 Å². The predicted octanol–water partition coefficient (Wildman–Crippen LogP) is 18.2. The Bertz CT molecular complexity index is 3590. The standard InChI is InChI=1S/C62H41NS/c1-5-19-42(20-6-1)48-37-49(43-21-7-2-8-22-43)40-51(39-48)63(58-33-18-32-56-54-30-15-16-34-59(54)64-62(56)58)50-28-17-27-46(38-50)47-35-36-53-52-29-13-14-31-55(52)60(44-23-9-3-10-24-44)61(57(53)41-47)45-25-11-4-12-26-45/h1-41H. The number of hydrogen-bond donors (Lipinski definition) is 0. The molecule has 0 N–H and O–H groups in total. The van der Waals surface area contributed by atoms with Gasteiger partial charge in [-0.2, -0.15) is 0 Å². The van der Waals surface area contributed by atoms with Crippen LogP contribution >= 0.6 is 11.3 Å². The van der Waals surface area contributed by atoms with Crippen LogP contribution in [0.2, 0.25) is 0 Å². The zero-order valence-corrected chi connectivity index (χ0v) is 35.8. The van der Waals surface area contributed by atoms with Gasteiger partial charge in [0.05, 0.1) is 10.4 Å². The summed E-state index contributed by atoms with van der Waals surface area (Å²) in [6, 6.07) is 91.1. The molecular weight excluding hydrogens is 791 g/mol. The maximum atomic E-state index is 2.48. The fourth-order valence-electron chi connectivity index (χ4n) is 9.68. The summed E-state index contributed by atoms with van der Waals surface area (Å²) in [5.41, 5.74) is 15.3. The lowest BCUT2D eigenvalue weighted by Crippen LogP contribution is -2.10. The first-order valence-electron chi connectivity index (χ1n) is 21.9. The normalized spacial score (nSPS) is 11.4. The predicted molar refractivity (Wildman–Crippen MR) is 276 cm³/mol. The molecular formula is C62H41NS. The maximum absolute atomic E-state index is 2.48. The summed E-state index contributed by atoms with van der Waals surface area (Å²) in [6.07, 6.45) is 0. The highest BCUT2D eigenvalue weighted by atomic mass is 32.1. The molecule has 0 saturated heterocycles. The van der Waals surface area contributed by atoms with Gasteiger partial charge in [-0.25, -0.2) is 0 Å². The first-order chi connectivity index (χ1) is 31.7. The Morgan fingerprint density at radius 1 is 0.250 bits per heavy atom. The highest BCUT2D eigenvalue weighted by Gasteiger charge is 2.22. The van der Waals surface area contributed by atoms with Gasteiger partial charge in [0.15, 0.2) is 0 Å². The molecule has 0 amide bonds. The van der Waals surface area contributed by atoms with Crippen molar-refractivity contribution in [3.63, 3.8) is 0 Å². The zero-order chi connectivity index (χ0) is 42.4. The van der Waals surface area contributed by atoms with E-state index >= 15 is 0 Å². The van der Waals surface area contributed by atoms with Crippen molar-refractivity contribution >= 4 is 70.1 Å². The number of nitrogens with zero attached hydrogens (tertiary/aromatic N) is 1. The summed E-state index contributed by atoms with van der Waals surface area (Å²) in [5, 5.41) is 7.56. The molecule has 300 valence electrons. The molecule has 12 aromatic rings. The molecule has 0 bridgehead atoms. The van der Waals surface area contributed by atoms with E-state index in [2.05, 4.69) is 254 Å². The van der Waals surface area contributed by atoms with Gasteiger partial charge in [-0.05, 0) is 126 Å². The van der Waals surface area contributed by atoms with Crippen molar-refractivity contribution in [3.8, 4) is 55.6 Å². The van der Waals surface area contributed by atoms with Crippen LogP contribution in [0.15, 0.2) is 249 Å². The number of anilines is 3. The summed E-state index contributed by atoms with van der Waals surface area (Å²) < 4.78 is 2.55. The Hall–Kier alpha value is -8.04. The molecule has 0 unspecified atom stereocenters. The largest absolute Gasteiger partial charge is 0.309 e. The molecule has 11 aromatic carbocycles. The highest BCUT2D eigenvalue weighted by molar-refractivity contribution is 7.26. The Labute approximate surface area is 377 Å². The smallest absolute Gasteiger partial charge is 0.0640 e. The van der Waals surface area contributed by atoms with Crippen molar-refractivity contribution in [1.29, 1.82) is 0 Å². The minimum Gasteiger partial charge on any atom is -0.309 e. The molecule has 64 heavy (non-hydrogen) atoms. The fraction of sp³-hybridized carbons (Fsp3) is 0. The minimum absolute atomic E-state index is 1.10. The molecule has 0 spiro atoms. The third kappa shape index (κ3) is 6.64. The summed E-state index contributed by atoms with van der Waals surface area (Å²) in [5.74, 6) is 0. The van der Waals surface area contributed by atoms with E-state index in [0.29, 0.717) is 0 Å². The number of benzene rings is 11. The highest BCUT2D eigenvalue weighted by Crippen LogP contribution is 2.48. The molecule has 0 aliphatic carbocycles. The molecule has 0 fully saturated rings. The van der Waals surface area contributed by atoms with Gasteiger partial charge >= 0.3 is 0 Å². The number of hydrogen-bond acceptors (Lipinski definition) is 2. The molecule has 0 aliphatic rings. The van der Waals surface area contributed by atoms with Crippen LogP contribution < -0.4 is 4.90 Å². The fourth-order valence-corrected chi connectivity index (χ4v) is 10.9. The van der Waals surface area contributed by atoms with Crippen LogP contribution in [0.1, 0.15) is 0 Å². The van der Waals surface area contributed by atoms with Crippen LogP contribution in [0, 0.1) is 0 Å². The van der Waals surface area contributed by atoms with Gasteiger partial charge in [-0.1, -0.05) is 200 Å². The van der Waals surface area contributed by atoms with Crippen LogP contribution in [0.3, 0.4) is 0 Å². The molecule has 0 radical (unpaired) electrons. The molecule has 1 nitrogen and oxygen atoms in total. The van der Waals surface area contributed by atoms with E-state index in [9.17, 15) is 0 Å². The van der Waals surface area contributed by atoms with Gasteiger partial charge in [0.1, 0.15) is 0 Å². The molecule has 1 heterocycles. The lowest BCUT2D eigenvalue weighted by Gasteiger charge is -2.28. The Balaban J connectivity index is 1.11. The van der Waals surface area contributed by atoms with Crippen LogP contribution in [0.4, 0.5) is 17.1 Å². The summed E-state index contributed by atoms with van der Waals surface area (Å²) in [6.45, 7) is 0. The van der Waals surface area contributed by atoms with E-state index < -0.39 is 0 Å². The summed E-state index contributed by atoms with van der Waals surface area (Å²) in [4.78, 5) is 2.48. The molecule has 0 aliphatic heterocycles. The first kappa shape index (κ1) is 37.7. The Kier molecular flexibility index (Phi) is 9.43. The number of rotatable bonds is 8. The van der Waals surface area contributed by atoms with E-state index in [4.69, 9.17) is 0 Å². The third-order valence-corrected chi connectivity index (χ3v) is 13.8.